The number of carboxylic acid groups (broad SMARTS) is 1. The van der Waals surface area contributed by atoms with Gasteiger partial charge in [0.2, 0.25) is 0 Å². The number of carbonyl (C=O) groups excluding carboxylic acids is 1. The molecule has 0 atom stereocenters. The highest BCUT2D eigenvalue weighted by molar-refractivity contribution is 5.85. The maximum absolute atomic E-state index is 12.8. The lowest BCUT2D eigenvalue weighted by molar-refractivity contribution is -0.142. The SMILES string of the molecule is O=C(O)COCC1CCC(COC(=O)Nc2ccc(-c3cccc(CF)c3)cc2)CC1. The second kappa shape index (κ2) is 11.5. The third-order valence-electron chi connectivity index (χ3n) is 5.54. The Balaban J connectivity index is 1.39. The smallest absolute Gasteiger partial charge is 0.411 e. The summed E-state index contributed by atoms with van der Waals surface area (Å²) in [5.74, 6) is -0.270. The van der Waals surface area contributed by atoms with Crippen molar-refractivity contribution in [1.29, 1.82) is 0 Å². The third-order valence-corrected chi connectivity index (χ3v) is 5.54. The van der Waals surface area contributed by atoms with E-state index in [1.165, 1.54) is 0 Å². The number of rotatable bonds is 9. The molecule has 0 aliphatic heterocycles. The quantitative estimate of drug-likeness (QED) is 0.567. The van der Waals surface area contributed by atoms with Crippen LogP contribution in [0.3, 0.4) is 0 Å². The van der Waals surface area contributed by atoms with Gasteiger partial charge in [0, 0.05) is 5.69 Å². The van der Waals surface area contributed by atoms with E-state index in [2.05, 4.69) is 5.32 Å². The number of nitrogens with one attached hydrogen (secondary N) is 1. The van der Waals surface area contributed by atoms with Crippen LogP contribution in [-0.2, 0) is 20.9 Å². The van der Waals surface area contributed by atoms with Crippen molar-refractivity contribution in [2.75, 3.05) is 25.1 Å². The summed E-state index contributed by atoms with van der Waals surface area (Å²) in [6, 6.07) is 14.6. The van der Waals surface area contributed by atoms with Crippen LogP contribution in [-0.4, -0.2) is 37.0 Å². The average molecular weight is 429 g/mol. The van der Waals surface area contributed by atoms with Crippen LogP contribution in [0.5, 0.6) is 0 Å². The lowest BCUT2D eigenvalue weighted by atomic mass is 9.83. The summed E-state index contributed by atoms with van der Waals surface area (Å²) in [6.07, 6.45) is 3.27. The topological polar surface area (TPSA) is 84.9 Å². The number of ether oxygens (including phenoxy) is 2. The standard InChI is InChI=1S/C24H28FNO5/c25-13-19-2-1-3-21(12-19)20-8-10-22(11-9-20)26-24(29)31-15-18-6-4-17(5-7-18)14-30-16-23(27)28/h1-3,8-12,17-18H,4-7,13-16H2,(H,26,29)(H,27,28). The zero-order valence-electron chi connectivity index (χ0n) is 17.4. The molecular formula is C24H28FNO5. The highest BCUT2D eigenvalue weighted by Gasteiger charge is 2.22. The molecule has 1 aliphatic rings. The number of carboxylic acids is 1. The summed E-state index contributed by atoms with van der Waals surface area (Å²) >= 11 is 0. The first-order valence-corrected chi connectivity index (χ1v) is 10.5. The van der Waals surface area contributed by atoms with E-state index in [1.54, 1.807) is 18.2 Å². The second-order valence-corrected chi connectivity index (χ2v) is 7.93. The van der Waals surface area contributed by atoms with Crippen molar-refractivity contribution in [2.24, 2.45) is 11.8 Å². The van der Waals surface area contributed by atoms with Gasteiger partial charge < -0.3 is 14.6 Å². The molecule has 0 radical (unpaired) electrons. The van der Waals surface area contributed by atoms with Crippen molar-refractivity contribution in [2.45, 2.75) is 32.4 Å². The molecule has 0 heterocycles. The van der Waals surface area contributed by atoms with Gasteiger partial charge in [-0.15, -0.1) is 0 Å². The molecule has 6 nitrogen and oxygen atoms in total. The van der Waals surface area contributed by atoms with Crippen molar-refractivity contribution >= 4 is 17.7 Å². The van der Waals surface area contributed by atoms with Crippen LogP contribution < -0.4 is 5.32 Å². The molecule has 0 saturated heterocycles. The van der Waals surface area contributed by atoms with Gasteiger partial charge in [0.1, 0.15) is 13.3 Å². The zero-order valence-corrected chi connectivity index (χ0v) is 17.4. The molecule has 2 N–H and O–H groups in total. The summed E-state index contributed by atoms with van der Waals surface area (Å²) in [4.78, 5) is 22.6. The summed E-state index contributed by atoms with van der Waals surface area (Å²) in [7, 11) is 0. The molecule has 0 spiro atoms. The molecule has 7 heteroatoms. The normalized spacial score (nSPS) is 18.4. The van der Waals surface area contributed by atoms with Gasteiger partial charge in [-0.3, -0.25) is 5.32 Å². The van der Waals surface area contributed by atoms with E-state index in [1.807, 2.05) is 30.3 Å². The number of benzene rings is 2. The van der Waals surface area contributed by atoms with Gasteiger partial charge in [-0.2, -0.15) is 0 Å². The van der Waals surface area contributed by atoms with Crippen LogP contribution in [0.1, 0.15) is 31.2 Å². The average Bonchev–Trinajstić information content (AvgIpc) is 2.79. The lowest BCUT2D eigenvalue weighted by Gasteiger charge is -2.27. The number of hydrogen-bond acceptors (Lipinski definition) is 4. The van der Waals surface area contributed by atoms with Crippen LogP contribution >= 0.6 is 0 Å². The van der Waals surface area contributed by atoms with E-state index in [9.17, 15) is 14.0 Å². The maximum Gasteiger partial charge on any atom is 0.411 e. The number of hydrogen-bond donors (Lipinski definition) is 2. The molecule has 2 aromatic carbocycles. The molecule has 166 valence electrons. The zero-order chi connectivity index (χ0) is 22.1. The molecule has 0 unspecified atom stereocenters. The van der Waals surface area contributed by atoms with E-state index < -0.39 is 18.7 Å². The summed E-state index contributed by atoms with van der Waals surface area (Å²) in [5, 5.41) is 11.3. The first kappa shape index (κ1) is 22.7. The Kier molecular flexibility index (Phi) is 8.41. The van der Waals surface area contributed by atoms with Crippen molar-refractivity contribution < 1.29 is 28.6 Å². The number of aliphatic carboxylic acids is 1. The van der Waals surface area contributed by atoms with Crippen molar-refractivity contribution in [1.82, 2.24) is 0 Å². The van der Waals surface area contributed by atoms with Crippen LogP contribution in [0.15, 0.2) is 48.5 Å². The molecule has 2 aromatic rings. The maximum atomic E-state index is 12.8. The van der Waals surface area contributed by atoms with Crippen LogP contribution in [0.2, 0.25) is 0 Å². The van der Waals surface area contributed by atoms with Gasteiger partial charge >= 0.3 is 12.1 Å². The van der Waals surface area contributed by atoms with Crippen molar-refractivity contribution in [3.05, 3.63) is 54.1 Å². The summed E-state index contributed by atoms with van der Waals surface area (Å²) < 4.78 is 23.4. The van der Waals surface area contributed by atoms with Gasteiger partial charge in [0.15, 0.2) is 0 Å². The minimum atomic E-state index is -0.950. The number of amides is 1. The van der Waals surface area contributed by atoms with E-state index >= 15 is 0 Å². The van der Waals surface area contributed by atoms with Crippen molar-refractivity contribution in [3.8, 4) is 11.1 Å². The number of carbonyl (C=O) groups is 2. The fraction of sp³-hybridized carbons (Fsp3) is 0.417. The molecule has 1 aliphatic carbocycles. The highest BCUT2D eigenvalue weighted by Crippen LogP contribution is 2.29. The van der Waals surface area contributed by atoms with Gasteiger partial charge in [-0.25, -0.2) is 14.0 Å². The molecule has 0 bridgehead atoms. The predicted molar refractivity (Wildman–Crippen MR) is 116 cm³/mol. The Labute approximate surface area is 181 Å². The monoisotopic (exact) mass is 429 g/mol. The lowest BCUT2D eigenvalue weighted by Crippen LogP contribution is -2.25. The Hall–Kier alpha value is -2.93. The number of halogens is 1. The molecule has 0 aromatic heterocycles. The first-order chi connectivity index (χ1) is 15.0. The Morgan fingerprint density at radius 1 is 0.968 bits per heavy atom. The van der Waals surface area contributed by atoms with E-state index in [-0.39, 0.29) is 6.61 Å². The Morgan fingerprint density at radius 2 is 1.65 bits per heavy atom. The minimum absolute atomic E-state index is 0.256. The molecule has 31 heavy (non-hydrogen) atoms. The van der Waals surface area contributed by atoms with Gasteiger partial charge in [0.05, 0.1) is 13.2 Å². The van der Waals surface area contributed by atoms with E-state index in [0.29, 0.717) is 36.3 Å². The van der Waals surface area contributed by atoms with Gasteiger partial charge in [-0.1, -0.05) is 30.3 Å². The number of anilines is 1. The molecule has 1 amide bonds. The third kappa shape index (κ3) is 7.36. The van der Waals surface area contributed by atoms with E-state index in [4.69, 9.17) is 14.6 Å². The Bertz CT molecular complexity index is 863. The van der Waals surface area contributed by atoms with Gasteiger partial charge in [-0.05, 0) is 72.4 Å². The molecule has 1 fully saturated rings. The summed E-state index contributed by atoms with van der Waals surface area (Å²) in [5.41, 5.74) is 3.13. The predicted octanol–water partition coefficient (Wildman–Crippen LogP) is 5.28. The highest BCUT2D eigenvalue weighted by atomic mass is 19.1. The summed E-state index contributed by atoms with van der Waals surface area (Å²) in [6.45, 7) is 0.0741. The Morgan fingerprint density at radius 3 is 2.29 bits per heavy atom. The fourth-order valence-electron chi connectivity index (χ4n) is 3.81. The van der Waals surface area contributed by atoms with E-state index in [0.717, 1.165) is 36.8 Å². The van der Waals surface area contributed by atoms with Crippen LogP contribution in [0.25, 0.3) is 11.1 Å². The number of alkyl halides is 1. The minimum Gasteiger partial charge on any atom is -0.480 e. The molecule has 3 rings (SSSR count). The fourth-order valence-corrected chi connectivity index (χ4v) is 3.81. The largest absolute Gasteiger partial charge is 0.480 e. The molecular weight excluding hydrogens is 401 g/mol. The van der Waals surface area contributed by atoms with Crippen LogP contribution in [0, 0.1) is 11.8 Å². The van der Waals surface area contributed by atoms with Gasteiger partial charge in [0.25, 0.3) is 0 Å². The van der Waals surface area contributed by atoms with Crippen LogP contribution in [0.4, 0.5) is 14.9 Å². The van der Waals surface area contributed by atoms with Crippen molar-refractivity contribution in [3.63, 3.8) is 0 Å². The first-order valence-electron chi connectivity index (χ1n) is 10.5. The second-order valence-electron chi connectivity index (χ2n) is 7.93. The molecule has 1 saturated carbocycles.